The van der Waals surface area contributed by atoms with Gasteiger partial charge in [0.2, 0.25) is 5.91 Å². The first kappa shape index (κ1) is 15.6. The van der Waals surface area contributed by atoms with Crippen LogP contribution in [0.4, 0.5) is 0 Å². The van der Waals surface area contributed by atoms with Crippen LogP contribution in [-0.2, 0) is 9.59 Å². The van der Waals surface area contributed by atoms with Crippen molar-refractivity contribution in [1.82, 2.24) is 10.6 Å². The van der Waals surface area contributed by atoms with E-state index in [1.165, 1.54) is 0 Å². The zero-order valence-electron chi connectivity index (χ0n) is 10.7. The number of hydrogen-bond donors (Lipinski definition) is 3. The van der Waals surface area contributed by atoms with Gasteiger partial charge in [-0.2, -0.15) is 0 Å². The molecule has 17 heavy (non-hydrogen) atoms. The minimum absolute atomic E-state index is 0.00503. The van der Waals surface area contributed by atoms with E-state index in [0.717, 1.165) is 0 Å². The summed E-state index contributed by atoms with van der Waals surface area (Å²) >= 11 is 0. The molecular formula is C12H22N2O3. The van der Waals surface area contributed by atoms with Gasteiger partial charge in [-0.1, -0.05) is 13.0 Å². The Morgan fingerprint density at radius 2 is 2.00 bits per heavy atom. The molecule has 0 heterocycles. The molecule has 0 rings (SSSR count). The molecule has 5 nitrogen and oxygen atoms in total. The van der Waals surface area contributed by atoms with Gasteiger partial charge >= 0.3 is 5.97 Å². The first-order valence-corrected chi connectivity index (χ1v) is 5.89. The molecule has 1 amide bonds. The Balaban J connectivity index is 3.71. The van der Waals surface area contributed by atoms with E-state index in [0.29, 0.717) is 31.5 Å². The van der Waals surface area contributed by atoms with Gasteiger partial charge in [0.1, 0.15) is 0 Å². The standard InChI is InChI=1S/C12H22N2O3/c1-4-10(12(16)17)5-7-13-8-6-11(15)14-9(2)3/h5,9,13H,4,6-8H2,1-3H3,(H,14,15)(H,16,17). The van der Waals surface area contributed by atoms with Crippen LogP contribution in [0.3, 0.4) is 0 Å². The minimum Gasteiger partial charge on any atom is -0.478 e. The van der Waals surface area contributed by atoms with Crippen LogP contribution >= 0.6 is 0 Å². The molecule has 0 aromatic carbocycles. The van der Waals surface area contributed by atoms with Gasteiger partial charge in [0.25, 0.3) is 0 Å². The SMILES string of the molecule is CCC(=CCNCCC(=O)NC(C)C)C(=O)O. The molecule has 0 aliphatic rings. The number of carbonyl (C=O) groups is 2. The molecule has 0 spiro atoms. The number of carbonyl (C=O) groups excluding carboxylic acids is 1. The second-order valence-corrected chi connectivity index (χ2v) is 4.06. The van der Waals surface area contributed by atoms with Crippen LogP contribution in [0.5, 0.6) is 0 Å². The minimum atomic E-state index is -0.883. The molecule has 0 aliphatic carbocycles. The monoisotopic (exact) mass is 242 g/mol. The van der Waals surface area contributed by atoms with Crippen LogP contribution in [-0.4, -0.2) is 36.1 Å². The molecule has 0 saturated carbocycles. The van der Waals surface area contributed by atoms with E-state index in [9.17, 15) is 9.59 Å². The van der Waals surface area contributed by atoms with E-state index in [1.54, 1.807) is 13.0 Å². The van der Waals surface area contributed by atoms with E-state index in [2.05, 4.69) is 10.6 Å². The third-order valence-corrected chi connectivity index (χ3v) is 2.13. The summed E-state index contributed by atoms with van der Waals surface area (Å²) in [6.07, 6.45) is 2.55. The molecule has 0 unspecified atom stereocenters. The van der Waals surface area contributed by atoms with Crippen LogP contribution in [0.2, 0.25) is 0 Å². The first-order valence-electron chi connectivity index (χ1n) is 5.89. The van der Waals surface area contributed by atoms with Crippen molar-refractivity contribution in [2.45, 2.75) is 39.7 Å². The van der Waals surface area contributed by atoms with E-state index in [4.69, 9.17) is 5.11 Å². The highest BCUT2D eigenvalue weighted by Gasteiger charge is 2.03. The summed E-state index contributed by atoms with van der Waals surface area (Å²) in [4.78, 5) is 21.9. The molecular weight excluding hydrogens is 220 g/mol. The normalized spacial score (nSPS) is 11.6. The second kappa shape index (κ2) is 8.75. The van der Waals surface area contributed by atoms with E-state index >= 15 is 0 Å². The highest BCUT2D eigenvalue weighted by molar-refractivity contribution is 5.86. The Labute approximate surface area is 102 Å². The molecule has 5 heteroatoms. The third kappa shape index (κ3) is 8.45. The number of hydrogen-bond acceptors (Lipinski definition) is 3. The Morgan fingerprint density at radius 3 is 2.47 bits per heavy atom. The summed E-state index contributed by atoms with van der Waals surface area (Å²) in [6.45, 7) is 6.65. The van der Waals surface area contributed by atoms with Crippen LogP contribution in [0.15, 0.2) is 11.6 Å². The highest BCUT2D eigenvalue weighted by atomic mass is 16.4. The fourth-order valence-corrected chi connectivity index (χ4v) is 1.28. The van der Waals surface area contributed by atoms with Crippen molar-refractivity contribution in [2.24, 2.45) is 0 Å². The lowest BCUT2D eigenvalue weighted by Crippen LogP contribution is -2.32. The predicted octanol–water partition coefficient (Wildman–Crippen LogP) is 0.912. The van der Waals surface area contributed by atoms with Crippen LogP contribution in [0, 0.1) is 0 Å². The number of aliphatic carboxylic acids is 1. The first-order chi connectivity index (χ1) is 7.97. The molecule has 0 fully saturated rings. The highest BCUT2D eigenvalue weighted by Crippen LogP contribution is 1.98. The zero-order valence-corrected chi connectivity index (χ0v) is 10.7. The number of nitrogens with one attached hydrogen (secondary N) is 2. The van der Waals surface area contributed by atoms with Gasteiger partial charge < -0.3 is 15.7 Å². The van der Waals surface area contributed by atoms with Crippen LogP contribution in [0.1, 0.15) is 33.6 Å². The molecule has 0 aromatic rings. The van der Waals surface area contributed by atoms with Gasteiger partial charge in [0.15, 0.2) is 0 Å². The fraction of sp³-hybridized carbons (Fsp3) is 0.667. The molecule has 0 aliphatic heterocycles. The number of carboxylic acids is 1. The molecule has 0 radical (unpaired) electrons. The van der Waals surface area contributed by atoms with E-state index < -0.39 is 5.97 Å². The smallest absolute Gasteiger partial charge is 0.331 e. The average molecular weight is 242 g/mol. The molecule has 3 N–H and O–H groups in total. The number of carboxylic acid groups (broad SMARTS) is 1. The van der Waals surface area contributed by atoms with E-state index in [1.807, 2.05) is 13.8 Å². The lowest BCUT2D eigenvalue weighted by Gasteiger charge is -2.08. The topological polar surface area (TPSA) is 78.4 Å². The zero-order chi connectivity index (χ0) is 13.3. The Morgan fingerprint density at radius 1 is 1.35 bits per heavy atom. The van der Waals surface area contributed by atoms with Gasteiger partial charge in [-0.25, -0.2) is 4.79 Å². The molecule has 0 saturated heterocycles. The van der Waals surface area contributed by atoms with Crippen LogP contribution < -0.4 is 10.6 Å². The molecule has 0 bridgehead atoms. The van der Waals surface area contributed by atoms with Crippen molar-refractivity contribution in [2.75, 3.05) is 13.1 Å². The lowest BCUT2D eigenvalue weighted by molar-refractivity contribution is -0.132. The third-order valence-electron chi connectivity index (χ3n) is 2.13. The van der Waals surface area contributed by atoms with Gasteiger partial charge in [-0.3, -0.25) is 4.79 Å². The van der Waals surface area contributed by atoms with Crippen molar-refractivity contribution in [1.29, 1.82) is 0 Å². The van der Waals surface area contributed by atoms with Crippen molar-refractivity contribution < 1.29 is 14.7 Å². The number of rotatable bonds is 8. The second-order valence-electron chi connectivity index (χ2n) is 4.06. The summed E-state index contributed by atoms with van der Waals surface area (Å²) in [7, 11) is 0. The lowest BCUT2D eigenvalue weighted by atomic mass is 10.2. The van der Waals surface area contributed by atoms with Crippen molar-refractivity contribution in [3.8, 4) is 0 Å². The average Bonchev–Trinajstić information content (AvgIpc) is 2.21. The van der Waals surface area contributed by atoms with Crippen molar-refractivity contribution >= 4 is 11.9 Å². The van der Waals surface area contributed by atoms with Crippen molar-refractivity contribution in [3.05, 3.63) is 11.6 Å². The molecule has 0 aromatic heterocycles. The molecule has 98 valence electrons. The van der Waals surface area contributed by atoms with Gasteiger partial charge in [-0.15, -0.1) is 0 Å². The number of amides is 1. The summed E-state index contributed by atoms with van der Waals surface area (Å²) in [5.74, 6) is -0.878. The van der Waals surface area contributed by atoms with Gasteiger partial charge in [-0.05, 0) is 20.3 Å². The maximum Gasteiger partial charge on any atom is 0.331 e. The van der Waals surface area contributed by atoms with Gasteiger partial charge in [0.05, 0.1) is 0 Å². The maximum atomic E-state index is 11.3. The fourth-order valence-electron chi connectivity index (χ4n) is 1.28. The summed E-state index contributed by atoms with van der Waals surface area (Å²) in [6, 6.07) is 0.154. The Bertz CT molecular complexity index is 285. The van der Waals surface area contributed by atoms with Crippen LogP contribution in [0.25, 0.3) is 0 Å². The summed E-state index contributed by atoms with van der Waals surface area (Å²) < 4.78 is 0. The summed E-state index contributed by atoms with van der Waals surface area (Å²) in [5.41, 5.74) is 0.393. The Hall–Kier alpha value is -1.36. The largest absolute Gasteiger partial charge is 0.478 e. The molecule has 0 atom stereocenters. The summed E-state index contributed by atoms with van der Waals surface area (Å²) in [5, 5.41) is 14.5. The maximum absolute atomic E-state index is 11.3. The Kier molecular flexibility index (Phi) is 8.05. The van der Waals surface area contributed by atoms with Gasteiger partial charge in [0, 0.05) is 31.1 Å². The van der Waals surface area contributed by atoms with Crippen molar-refractivity contribution in [3.63, 3.8) is 0 Å². The predicted molar refractivity (Wildman–Crippen MR) is 66.8 cm³/mol. The van der Waals surface area contributed by atoms with E-state index in [-0.39, 0.29) is 11.9 Å². The quantitative estimate of drug-likeness (QED) is 0.437.